The number of methoxy groups -OCH3 is 1. The molecule has 0 aliphatic heterocycles. The molecule has 33 heavy (non-hydrogen) atoms. The second-order valence-corrected chi connectivity index (χ2v) is 8.23. The summed E-state index contributed by atoms with van der Waals surface area (Å²) in [6.07, 6.45) is -3.73. The summed E-state index contributed by atoms with van der Waals surface area (Å²) in [5, 5.41) is 5.17. The molecule has 172 valence electrons. The Morgan fingerprint density at radius 2 is 1.70 bits per heavy atom. The van der Waals surface area contributed by atoms with Gasteiger partial charge in [-0.15, -0.1) is 0 Å². The molecule has 0 aliphatic rings. The van der Waals surface area contributed by atoms with Crippen molar-refractivity contribution in [1.29, 1.82) is 0 Å². The summed E-state index contributed by atoms with van der Waals surface area (Å²) < 4.78 is 43.1. The number of benzene rings is 2. The number of para-hydroxylation sites is 2. The Hall–Kier alpha value is -3.53. The van der Waals surface area contributed by atoms with Crippen LogP contribution in [0.15, 0.2) is 71.9 Å². The fraction of sp³-hybridized carbons (Fsp3) is 0.174. The number of ether oxygens (including phenoxy) is 1. The summed E-state index contributed by atoms with van der Waals surface area (Å²) in [6, 6.07) is 15.5. The Bertz CT molecular complexity index is 1120. The lowest BCUT2D eigenvalue weighted by Gasteiger charge is -2.13. The molecule has 0 radical (unpaired) electrons. The molecule has 2 aromatic carbocycles. The maximum absolute atomic E-state index is 12.6. The van der Waals surface area contributed by atoms with E-state index in [-0.39, 0.29) is 11.8 Å². The lowest BCUT2D eigenvalue weighted by atomic mass is 10.2. The Morgan fingerprint density at radius 3 is 2.30 bits per heavy atom. The van der Waals surface area contributed by atoms with Gasteiger partial charge in [-0.1, -0.05) is 23.9 Å². The molecule has 0 spiro atoms. The number of thioether (sulfide) groups is 1. The lowest BCUT2D eigenvalue weighted by Crippen LogP contribution is -2.22. The van der Waals surface area contributed by atoms with Gasteiger partial charge in [0, 0.05) is 17.4 Å². The van der Waals surface area contributed by atoms with Crippen LogP contribution in [-0.2, 0) is 11.0 Å². The van der Waals surface area contributed by atoms with Crippen LogP contribution in [0.4, 0.5) is 24.5 Å². The quantitative estimate of drug-likeness (QED) is 0.443. The normalized spacial score (nSPS) is 12.0. The first-order valence-corrected chi connectivity index (χ1v) is 10.6. The van der Waals surface area contributed by atoms with Crippen molar-refractivity contribution in [1.82, 2.24) is 4.98 Å². The molecule has 0 aliphatic carbocycles. The molecule has 2 N–H and O–H groups in total. The average molecular weight is 475 g/mol. The number of carbonyl (C=O) groups is 2. The average Bonchev–Trinajstić information content (AvgIpc) is 2.79. The van der Waals surface area contributed by atoms with Crippen molar-refractivity contribution in [2.24, 2.45) is 0 Å². The van der Waals surface area contributed by atoms with Crippen molar-refractivity contribution < 1.29 is 27.5 Å². The van der Waals surface area contributed by atoms with Crippen LogP contribution in [0.5, 0.6) is 5.75 Å². The van der Waals surface area contributed by atoms with Gasteiger partial charge in [0.2, 0.25) is 5.91 Å². The number of hydrogen-bond donors (Lipinski definition) is 2. The first-order chi connectivity index (χ1) is 15.7. The standard InChI is InChI=1S/C23H20F3N3O3S/c1-14(33-20-12-9-16(13-27-20)23(24,25)26)21(30)28-17-10-7-15(8-11-17)22(31)29-18-5-3-4-6-19(18)32-2/h3-14H,1-2H3,(H,28,30)(H,29,31). The predicted molar refractivity (Wildman–Crippen MR) is 121 cm³/mol. The zero-order valence-corrected chi connectivity index (χ0v) is 18.5. The highest BCUT2D eigenvalue weighted by molar-refractivity contribution is 8.00. The van der Waals surface area contributed by atoms with Crippen LogP contribution in [-0.4, -0.2) is 29.2 Å². The largest absolute Gasteiger partial charge is 0.495 e. The van der Waals surface area contributed by atoms with Gasteiger partial charge in [-0.3, -0.25) is 9.59 Å². The van der Waals surface area contributed by atoms with Crippen LogP contribution in [0.25, 0.3) is 0 Å². The molecule has 1 unspecified atom stereocenters. The summed E-state index contributed by atoms with van der Waals surface area (Å²) in [4.78, 5) is 28.7. The van der Waals surface area contributed by atoms with Gasteiger partial charge in [0.05, 0.1) is 28.6 Å². The van der Waals surface area contributed by atoms with E-state index in [1.807, 2.05) is 0 Å². The predicted octanol–water partition coefficient (Wildman–Crippen LogP) is 5.48. The number of nitrogens with one attached hydrogen (secondary N) is 2. The van der Waals surface area contributed by atoms with E-state index in [0.29, 0.717) is 27.7 Å². The first-order valence-electron chi connectivity index (χ1n) is 9.72. The van der Waals surface area contributed by atoms with E-state index < -0.39 is 17.0 Å². The smallest absolute Gasteiger partial charge is 0.417 e. The molecule has 1 heterocycles. The van der Waals surface area contributed by atoms with Crippen molar-refractivity contribution in [2.75, 3.05) is 17.7 Å². The second kappa shape index (κ2) is 10.4. The van der Waals surface area contributed by atoms with Crippen molar-refractivity contribution >= 4 is 35.0 Å². The molecule has 0 bridgehead atoms. The molecule has 3 rings (SSSR count). The van der Waals surface area contributed by atoms with Crippen LogP contribution in [0.1, 0.15) is 22.8 Å². The number of rotatable bonds is 7. The minimum absolute atomic E-state index is 0.300. The highest BCUT2D eigenvalue weighted by Gasteiger charge is 2.30. The number of carbonyl (C=O) groups excluding carboxylic acids is 2. The maximum atomic E-state index is 12.6. The molecular formula is C23H20F3N3O3S. The third kappa shape index (κ3) is 6.48. The van der Waals surface area contributed by atoms with Crippen LogP contribution < -0.4 is 15.4 Å². The molecule has 2 amide bonds. The van der Waals surface area contributed by atoms with Crippen LogP contribution in [0.2, 0.25) is 0 Å². The summed E-state index contributed by atoms with van der Waals surface area (Å²) in [5.41, 5.74) is 0.542. The van der Waals surface area contributed by atoms with E-state index in [4.69, 9.17) is 4.74 Å². The highest BCUT2D eigenvalue weighted by atomic mass is 32.2. The lowest BCUT2D eigenvalue weighted by molar-refractivity contribution is -0.137. The van der Waals surface area contributed by atoms with E-state index >= 15 is 0 Å². The van der Waals surface area contributed by atoms with Gasteiger partial charge >= 0.3 is 6.18 Å². The topological polar surface area (TPSA) is 80.3 Å². The van der Waals surface area contributed by atoms with Gasteiger partial charge in [0.1, 0.15) is 5.75 Å². The molecule has 6 nitrogen and oxygen atoms in total. The number of hydrogen-bond acceptors (Lipinski definition) is 5. The van der Waals surface area contributed by atoms with E-state index in [9.17, 15) is 22.8 Å². The van der Waals surface area contributed by atoms with Crippen LogP contribution >= 0.6 is 11.8 Å². The van der Waals surface area contributed by atoms with Gasteiger partial charge in [-0.2, -0.15) is 13.2 Å². The molecule has 10 heteroatoms. The van der Waals surface area contributed by atoms with Gasteiger partial charge in [0.25, 0.3) is 5.91 Å². The zero-order valence-electron chi connectivity index (χ0n) is 17.6. The molecule has 1 aromatic heterocycles. The molecule has 3 aromatic rings. The van der Waals surface area contributed by atoms with Crippen molar-refractivity contribution in [3.05, 3.63) is 78.0 Å². The zero-order chi connectivity index (χ0) is 24.0. The molecule has 0 fully saturated rings. The third-order valence-corrected chi connectivity index (χ3v) is 5.55. The Kier molecular flexibility index (Phi) is 7.59. The Labute approximate surface area is 192 Å². The Morgan fingerprint density at radius 1 is 1.00 bits per heavy atom. The molecule has 0 saturated heterocycles. The van der Waals surface area contributed by atoms with Crippen LogP contribution in [0, 0.1) is 0 Å². The second-order valence-electron chi connectivity index (χ2n) is 6.86. The summed E-state index contributed by atoms with van der Waals surface area (Å²) >= 11 is 1.04. The van der Waals surface area contributed by atoms with Gasteiger partial charge < -0.3 is 15.4 Å². The first kappa shape index (κ1) is 24.1. The number of halogens is 3. The molecule has 1 atom stereocenters. The monoisotopic (exact) mass is 475 g/mol. The van der Waals surface area contributed by atoms with Crippen LogP contribution in [0.3, 0.4) is 0 Å². The summed E-state index contributed by atoms with van der Waals surface area (Å²) in [6.45, 7) is 1.62. The van der Waals surface area contributed by atoms with E-state index in [1.165, 1.54) is 13.2 Å². The number of pyridine rings is 1. The van der Waals surface area contributed by atoms with E-state index in [1.54, 1.807) is 55.5 Å². The number of nitrogens with zero attached hydrogens (tertiary/aromatic N) is 1. The number of alkyl halides is 3. The number of aromatic nitrogens is 1. The summed E-state index contributed by atoms with van der Waals surface area (Å²) in [5.74, 6) is -0.161. The molecular weight excluding hydrogens is 455 g/mol. The fourth-order valence-electron chi connectivity index (χ4n) is 2.74. The van der Waals surface area contributed by atoms with Gasteiger partial charge in [-0.05, 0) is 55.5 Å². The van der Waals surface area contributed by atoms with Gasteiger partial charge in [-0.25, -0.2) is 4.98 Å². The van der Waals surface area contributed by atoms with E-state index in [2.05, 4.69) is 15.6 Å². The SMILES string of the molecule is COc1ccccc1NC(=O)c1ccc(NC(=O)C(C)Sc2ccc(C(F)(F)F)cn2)cc1. The minimum Gasteiger partial charge on any atom is -0.495 e. The maximum Gasteiger partial charge on any atom is 0.417 e. The number of amides is 2. The van der Waals surface area contributed by atoms with Crippen molar-refractivity contribution in [3.63, 3.8) is 0 Å². The number of anilines is 2. The third-order valence-electron chi connectivity index (χ3n) is 4.50. The van der Waals surface area contributed by atoms with E-state index in [0.717, 1.165) is 24.0 Å². The van der Waals surface area contributed by atoms with Gasteiger partial charge in [0.15, 0.2) is 0 Å². The highest BCUT2D eigenvalue weighted by Crippen LogP contribution is 2.30. The van der Waals surface area contributed by atoms with Crippen molar-refractivity contribution in [3.8, 4) is 5.75 Å². The molecule has 0 saturated carbocycles. The van der Waals surface area contributed by atoms with Crippen molar-refractivity contribution in [2.45, 2.75) is 23.4 Å². The Balaban J connectivity index is 1.57. The summed E-state index contributed by atoms with van der Waals surface area (Å²) in [7, 11) is 1.51. The minimum atomic E-state index is -4.46. The fourth-order valence-corrected chi connectivity index (χ4v) is 3.53.